The van der Waals surface area contributed by atoms with E-state index in [-0.39, 0.29) is 6.15 Å². The molecule has 0 aliphatic carbocycles. The third-order valence-electron chi connectivity index (χ3n) is 3.69. The second-order valence-corrected chi connectivity index (χ2v) is 12.1. The number of halogens is 2. The molecule has 0 heterocycles. The quantitative estimate of drug-likeness (QED) is 0.198. The highest BCUT2D eigenvalue weighted by molar-refractivity contribution is 6.68. The summed E-state index contributed by atoms with van der Waals surface area (Å²) in [5.41, 5.74) is -0.0712. The summed E-state index contributed by atoms with van der Waals surface area (Å²) in [6.07, 6.45) is 4.72. The highest BCUT2D eigenvalue weighted by Crippen LogP contribution is 2.15. The van der Waals surface area contributed by atoms with E-state index >= 15 is 0 Å². The van der Waals surface area contributed by atoms with Gasteiger partial charge in [-0.05, 0) is 153 Å². The molecule has 0 saturated heterocycles. The molecule has 0 aliphatic heterocycles. The van der Waals surface area contributed by atoms with Crippen LogP contribution in [0.15, 0.2) is 48.5 Å². The number of rotatable bonds is 4. The van der Waals surface area contributed by atoms with Gasteiger partial charge in [-0.15, -0.1) is 6.42 Å². The maximum Gasteiger partial charge on any atom is 0.338 e. The van der Waals surface area contributed by atoms with Crippen molar-refractivity contribution in [2.75, 3.05) is 0 Å². The van der Waals surface area contributed by atoms with Crippen LogP contribution in [0.2, 0.25) is 0 Å². The van der Waals surface area contributed by atoms with Gasteiger partial charge in [-0.1, -0.05) is 5.92 Å². The van der Waals surface area contributed by atoms with E-state index in [0.717, 1.165) is 0 Å². The van der Waals surface area contributed by atoms with Crippen LogP contribution in [0.5, 0.6) is 0 Å². The summed E-state index contributed by atoms with van der Waals surface area (Å²) in [6, 6.07) is 12.0. The zero-order valence-corrected chi connectivity index (χ0v) is 28.1. The standard InChI is InChI=1S/C16H22O4.C8H4Cl2O2.C5H4.C4H10O.H3N/c1-15(2,3)19-13(17)11-7-9-12(10-8-11)14(18)20-16(4,5)6;9-7(11)5-1-2-6(4-3-5)8(10)12;1-3-5-4-2;1-4(2,3)5;/h7-10H,1-6H3;1-4H;1H,2H3;5H,1-3H3;1H3. The average molecular weight is 637 g/mol. The van der Waals surface area contributed by atoms with Crippen LogP contribution in [0.1, 0.15) is 111 Å². The Labute approximate surface area is 266 Å². The summed E-state index contributed by atoms with van der Waals surface area (Å²) in [6.45, 7) is 17.8. The lowest BCUT2D eigenvalue weighted by Gasteiger charge is -2.20. The number of benzene rings is 2. The summed E-state index contributed by atoms with van der Waals surface area (Å²) in [7, 11) is 0. The Morgan fingerprint density at radius 1 is 0.651 bits per heavy atom. The van der Waals surface area contributed by atoms with Gasteiger partial charge >= 0.3 is 11.9 Å². The maximum absolute atomic E-state index is 11.8. The van der Waals surface area contributed by atoms with Crippen molar-refractivity contribution in [2.24, 2.45) is 0 Å². The highest BCUT2D eigenvalue weighted by atomic mass is 35.5. The molecule has 0 unspecified atom stereocenters. The molecule has 4 N–H and O–H groups in total. The van der Waals surface area contributed by atoms with E-state index in [0.29, 0.717) is 22.3 Å². The van der Waals surface area contributed by atoms with E-state index in [1.54, 1.807) is 93.5 Å². The minimum atomic E-state index is -0.552. The molecule has 0 aliphatic rings. The van der Waals surface area contributed by atoms with E-state index in [1.165, 1.54) is 24.3 Å². The lowest BCUT2D eigenvalue weighted by molar-refractivity contribution is 0.00518. The van der Waals surface area contributed by atoms with Gasteiger partial charge < -0.3 is 20.7 Å². The molecule has 0 saturated carbocycles. The summed E-state index contributed by atoms with van der Waals surface area (Å²) in [5.74, 6) is 6.26. The van der Waals surface area contributed by atoms with E-state index in [9.17, 15) is 19.2 Å². The number of aliphatic hydroxyl groups is 1. The third-order valence-corrected chi connectivity index (χ3v) is 4.13. The van der Waals surface area contributed by atoms with E-state index in [4.69, 9.17) is 44.2 Å². The SMILES string of the molecule is C#CC#CC.CC(C)(C)O.CC(C)(C)OC(=O)c1ccc(C(=O)OC(C)(C)C)cc1.N.O=C(Cl)c1ccc(C(=O)Cl)cc1. The van der Waals surface area contributed by atoms with Crippen LogP contribution in [0.3, 0.4) is 0 Å². The van der Waals surface area contributed by atoms with Crippen LogP contribution in [0, 0.1) is 24.2 Å². The van der Waals surface area contributed by atoms with Gasteiger partial charge in [0, 0.05) is 11.1 Å². The highest BCUT2D eigenvalue weighted by Gasteiger charge is 2.20. The molecule has 0 spiro atoms. The fourth-order valence-corrected chi connectivity index (χ4v) is 2.47. The van der Waals surface area contributed by atoms with Crippen LogP contribution in [0.25, 0.3) is 0 Å². The summed E-state index contributed by atoms with van der Waals surface area (Å²) in [4.78, 5) is 44.8. The Morgan fingerprint density at radius 3 is 1.02 bits per heavy atom. The second kappa shape index (κ2) is 20.3. The van der Waals surface area contributed by atoms with Crippen molar-refractivity contribution in [3.05, 3.63) is 70.8 Å². The van der Waals surface area contributed by atoms with Gasteiger partial charge in [-0.3, -0.25) is 9.59 Å². The molecule has 0 amide bonds. The fourth-order valence-electron chi connectivity index (χ4n) is 2.22. The Kier molecular flexibility index (Phi) is 20.7. The monoisotopic (exact) mass is 635 g/mol. The Morgan fingerprint density at radius 2 is 0.884 bits per heavy atom. The van der Waals surface area contributed by atoms with Gasteiger partial charge in [0.2, 0.25) is 0 Å². The van der Waals surface area contributed by atoms with E-state index < -0.39 is 39.2 Å². The normalized spacial score (nSPS) is 9.95. The predicted octanol–water partition coefficient (Wildman–Crippen LogP) is 7.62. The molecule has 2 aromatic carbocycles. The molecule has 0 atom stereocenters. The fraction of sp³-hybridized carbons (Fsp3) is 0.394. The molecular weight excluding hydrogens is 593 g/mol. The molecule has 10 heteroatoms. The predicted molar refractivity (Wildman–Crippen MR) is 173 cm³/mol. The van der Waals surface area contributed by atoms with Gasteiger partial charge in [0.15, 0.2) is 0 Å². The number of carbonyl (C=O) groups is 4. The summed E-state index contributed by atoms with van der Waals surface area (Å²) in [5, 5.41) is 7.42. The smallest absolute Gasteiger partial charge is 0.338 e. The molecular formula is C33H43Cl2NO7. The number of carbonyl (C=O) groups excluding carboxylic acids is 4. The first kappa shape index (κ1) is 43.8. The number of hydrogen-bond donors (Lipinski definition) is 2. The molecule has 0 radical (unpaired) electrons. The number of terminal acetylenes is 1. The average Bonchev–Trinajstić information content (AvgIpc) is 2.82. The van der Waals surface area contributed by atoms with Crippen LogP contribution in [-0.2, 0) is 9.47 Å². The maximum atomic E-state index is 11.8. The van der Waals surface area contributed by atoms with Crippen LogP contribution >= 0.6 is 23.2 Å². The first-order valence-corrected chi connectivity index (χ1v) is 13.4. The molecule has 0 fully saturated rings. The van der Waals surface area contributed by atoms with Crippen molar-refractivity contribution in [1.82, 2.24) is 6.15 Å². The van der Waals surface area contributed by atoms with Gasteiger partial charge in [0.25, 0.3) is 10.5 Å². The second-order valence-electron chi connectivity index (χ2n) is 11.4. The number of esters is 2. The molecule has 236 valence electrons. The number of ether oxygens (including phenoxy) is 2. The summed E-state index contributed by atoms with van der Waals surface area (Å²) < 4.78 is 10.5. The van der Waals surface area contributed by atoms with Gasteiger partial charge in [0.1, 0.15) is 11.2 Å². The van der Waals surface area contributed by atoms with Crippen molar-refractivity contribution < 1.29 is 33.8 Å². The van der Waals surface area contributed by atoms with Crippen LogP contribution in [0.4, 0.5) is 0 Å². The minimum Gasteiger partial charge on any atom is -0.456 e. The van der Waals surface area contributed by atoms with Crippen LogP contribution in [-0.4, -0.2) is 44.3 Å². The largest absolute Gasteiger partial charge is 0.456 e. The van der Waals surface area contributed by atoms with Crippen LogP contribution < -0.4 is 6.15 Å². The zero-order valence-electron chi connectivity index (χ0n) is 26.6. The van der Waals surface area contributed by atoms with Gasteiger partial charge in [-0.2, -0.15) is 0 Å². The van der Waals surface area contributed by atoms with Crippen molar-refractivity contribution >= 4 is 45.6 Å². The van der Waals surface area contributed by atoms with Crippen molar-refractivity contribution in [2.45, 2.75) is 86.0 Å². The Hall–Kier alpha value is -3.66. The van der Waals surface area contributed by atoms with Crippen molar-refractivity contribution in [3.63, 3.8) is 0 Å². The van der Waals surface area contributed by atoms with Gasteiger partial charge in [-0.25, -0.2) is 9.59 Å². The van der Waals surface area contributed by atoms with Crippen molar-refractivity contribution in [3.8, 4) is 24.2 Å². The van der Waals surface area contributed by atoms with Crippen molar-refractivity contribution in [1.29, 1.82) is 0 Å². The Bertz CT molecular complexity index is 1190. The third kappa shape index (κ3) is 25.8. The first-order chi connectivity index (χ1) is 19.0. The van der Waals surface area contributed by atoms with Gasteiger partial charge in [0.05, 0.1) is 16.7 Å². The topological polar surface area (TPSA) is 142 Å². The lowest BCUT2D eigenvalue weighted by Crippen LogP contribution is -2.24. The molecule has 2 rings (SSSR count). The lowest BCUT2D eigenvalue weighted by atomic mass is 10.1. The molecule has 43 heavy (non-hydrogen) atoms. The molecule has 0 bridgehead atoms. The first-order valence-electron chi connectivity index (χ1n) is 12.7. The van der Waals surface area contributed by atoms with E-state index in [2.05, 4.69) is 17.8 Å². The zero-order chi connectivity index (χ0) is 33.3. The number of hydrogen-bond acceptors (Lipinski definition) is 8. The molecule has 2 aromatic rings. The molecule has 8 nitrogen and oxygen atoms in total. The molecule has 0 aromatic heterocycles. The minimum absolute atomic E-state index is 0. The Balaban J connectivity index is -0.000000587. The summed E-state index contributed by atoms with van der Waals surface area (Å²) >= 11 is 10.4. The van der Waals surface area contributed by atoms with E-state index in [1.807, 2.05) is 0 Å².